The molecule has 1 aromatic carbocycles. The van der Waals surface area contributed by atoms with Crippen molar-refractivity contribution in [2.24, 2.45) is 0 Å². The van der Waals surface area contributed by atoms with Crippen LogP contribution in [0.2, 0.25) is 0 Å². The van der Waals surface area contributed by atoms with E-state index in [-0.39, 0.29) is 11.4 Å². The number of aromatic nitrogens is 7. The average molecular weight is 404 g/mol. The smallest absolute Gasteiger partial charge is 0.277 e. The summed E-state index contributed by atoms with van der Waals surface area (Å²) >= 11 is 0. The predicted octanol–water partition coefficient (Wildman–Crippen LogP) is 1.35. The van der Waals surface area contributed by atoms with Gasteiger partial charge in [-0.2, -0.15) is 4.68 Å². The summed E-state index contributed by atoms with van der Waals surface area (Å²) in [5, 5.41) is 21.4. The quantitative estimate of drug-likeness (QED) is 0.531. The van der Waals surface area contributed by atoms with Crippen LogP contribution in [-0.4, -0.2) is 60.6 Å². The molecule has 0 aliphatic rings. The van der Waals surface area contributed by atoms with Crippen molar-refractivity contribution in [3.8, 4) is 5.69 Å². The number of amides is 1. The number of carbonyl (C=O) groups is 1. The van der Waals surface area contributed by atoms with E-state index in [0.29, 0.717) is 31.3 Å². The number of benzene rings is 1. The average Bonchev–Trinajstić information content (AvgIpc) is 3.33. The molecule has 12 heteroatoms. The number of carbonyl (C=O) groups excluding carboxylic acids is 1. The molecule has 1 N–H and O–H groups in total. The van der Waals surface area contributed by atoms with Gasteiger partial charge in [-0.25, -0.2) is 9.07 Å². The zero-order chi connectivity index (χ0) is 20.8. The van der Waals surface area contributed by atoms with Crippen LogP contribution in [-0.2, 0) is 16.0 Å². The normalized spacial score (nSPS) is 11.2. The topological polar surface area (TPSA) is 122 Å². The van der Waals surface area contributed by atoms with E-state index in [2.05, 4.69) is 31.2 Å². The molecule has 3 aromatic rings. The molecule has 0 unspecified atom stereocenters. The SMILES string of the molecule is CCOC(Cn1cc(C(=O)Nc2ccc(F)c(-n3nnnc3C)c2)nn1)OCC. The van der Waals surface area contributed by atoms with Gasteiger partial charge in [0.25, 0.3) is 5.91 Å². The molecule has 0 atom stereocenters. The van der Waals surface area contributed by atoms with Gasteiger partial charge in [0, 0.05) is 18.9 Å². The third-order valence-corrected chi connectivity index (χ3v) is 3.87. The van der Waals surface area contributed by atoms with Crippen LogP contribution in [0.3, 0.4) is 0 Å². The second kappa shape index (κ2) is 9.30. The van der Waals surface area contributed by atoms with Crippen molar-refractivity contribution >= 4 is 11.6 Å². The highest BCUT2D eigenvalue weighted by Crippen LogP contribution is 2.19. The fourth-order valence-corrected chi connectivity index (χ4v) is 2.57. The molecule has 154 valence electrons. The summed E-state index contributed by atoms with van der Waals surface area (Å²) < 4.78 is 27.8. The summed E-state index contributed by atoms with van der Waals surface area (Å²) in [5.41, 5.74) is 0.573. The number of hydrogen-bond acceptors (Lipinski definition) is 8. The number of ether oxygens (including phenoxy) is 2. The van der Waals surface area contributed by atoms with E-state index in [4.69, 9.17) is 9.47 Å². The second-order valence-electron chi connectivity index (χ2n) is 5.92. The Bertz CT molecular complexity index is 967. The summed E-state index contributed by atoms with van der Waals surface area (Å²) in [6.45, 7) is 6.63. The number of aryl methyl sites for hydroxylation is 1. The highest BCUT2D eigenvalue weighted by molar-refractivity contribution is 6.02. The van der Waals surface area contributed by atoms with Gasteiger partial charge in [-0.15, -0.1) is 10.2 Å². The van der Waals surface area contributed by atoms with Gasteiger partial charge in [-0.3, -0.25) is 4.79 Å². The van der Waals surface area contributed by atoms with Gasteiger partial charge in [0.15, 0.2) is 17.8 Å². The minimum Gasteiger partial charge on any atom is -0.351 e. The van der Waals surface area contributed by atoms with Crippen LogP contribution >= 0.6 is 0 Å². The molecule has 0 aliphatic heterocycles. The Balaban J connectivity index is 1.71. The molecule has 0 radical (unpaired) electrons. The first-order valence-electron chi connectivity index (χ1n) is 9.01. The van der Waals surface area contributed by atoms with E-state index in [1.807, 2.05) is 13.8 Å². The number of halogens is 1. The Morgan fingerprint density at radius 2 is 1.97 bits per heavy atom. The van der Waals surface area contributed by atoms with E-state index in [9.17, 15) is 9.18 Å². The Morgan fingerprint density at radius 3 is 2.62 bits per heavy atom. The Hall–Kier alpha value is -3.25. The van der Waals surface area contributed by atoms with E-state index < -0.39 is 18.0 Å². The number of tetrazole rings is 1. The molecular weight excluding hydrogens is 383 g/mol. The zero-order valence-corrected chi connectivity index (χ0v) is 16.2. The molecule has 0 fully saturated rings. The van der Waals surface area contributed by atoms with Crippen LogP contribution < -0.4 is 5.32 Å². The molecule has 0 aliphatic carbocycles. The zero-order valence-electron chi connectivity index (χ0n) is 16.2. The lowest BCUT2D eigenvalue weighted by molar-refractivity contribution is -0.145. The fraction of sp³-hybridized carbons (Fsp3) is 0.412. The van der Waals surface area contributed by atoms with Crippen LogP contribution in [0.5, 0.6) is 0 Å². The first-order valence-corrected chi connectivity index (χ1v) is 9.01. The van der Waals surface area contributed by atoms with Crippen LogP contribution in [0.4, 0.5) is 10.1 Å². The van der Waals surface area contributed by atoms with Crippen molar-refractivity contribution in [3.63, 3.8) is 0 Å². The van der Waals surface area contributed by atoms with Crippen molar-refractivity contribution in [2.45, 2.75) is 33.6 Å². The largest absolute Gasteiger partial charge is 0.351 e. The molecule has 11 nitrogen and oxygen atoms in total. The molecule has 2 heterocycles. The van der Waals surface area contributed by atoms with Gasteiger partial charge >= 0.3 is 0 Å². The summed E-state index contributed by atoms with van der Waals surface area (Å²) in [7, 11) is 0. The maximum absolute atomic E-state index is 14.1. The number of rotatable bonds is 9. The standard InChI is InChI=1S/C17H21FN8O3/c1-4-28-16(29-5-2)10-25-9-14(21-23-25)17(27)19-12-6-7-13(18)15(8-12)26-11(3)20-22-24-26/h6-9,16H,4-5,10H2,1-3H3,(H,19,27). The maximum Gasteiger partial charge on any atom is 0.277 e. The molecule has 0 bridgehead atoms. The van der Waals surface area contributed by atoms with Crippen molar-refractivity contribution < 1.29 is 18.7 Å². The van der Waals surface area contributed by atoms with Crippen molar-refractivity contribution in [1.82, 2.24) is 35.2 Å². The van der Waals surface area contributed by atoms with Crippen molar-refractivity contribution in [2.75, 3.05) is 18.5 Å². The second-order valence-corrected chi connectivity index (χ2v) is 5.92. The molecule has 0 saturated carbocycles. The minimum absolute atomic E-state index is 0.0984. The molecular formula is C17H21FN8O3. The predicted molar refractivity (Wildman–Crippen MR) is 98.9 cm³/mol. The van der Waals surface area contributed by atoms with Gasteiger partial charge in [0.2, 0.25) is 0 Å². The van der Waals surface area contributed by atoms with Crippen molar-refractivity contribution in [3.05, 3.63) is 41.7 Å². The molecule has 29 heavy (non-hydrogen) atoms. The van der Waals surface area contributed by atoms with Crippen molar-refractivity contribution in [1.29, 1.82) is 0 Å². The maximum atomic E-state index is 14.1. The van der Waals surface area contributed by atoms with Crippen LogP contribution in [0.15, 0.2) is 24.4 Å². The third kappa shape index (κ3) is 4.97. The van der Waals surface area contributed by atoms with E-state index in [1.165, 1.54) is 33.8 Å². The fourth-order valence-electron chi connectivity index (χ4n) is 2.57. The number of nitrogens with zero attached hydrogens (tertiary/aromatic N) is 7. The third-order valence-electron chi connectivity index (χ3n) is 3.87. The number of anilines is 1. The monoisotopic (exact) mass is 404 g/mol. The Kier molecular flexibility index (Phi) is 6.57. The summed E-state index contributed by atoms with van der Waals surface area (Å²) in [5.74, 6) is -0.609. The molecule has 0 spiro atoms. The summed E-state index contributed by atoms with van der Waals surface area (Å²) in [4.78, 5) is 12.5. The van der Waals surface area contributed by atoms with E-state index >= 15 is 0 Å². The molecule has 0 saturated heterocycles. The highest BCUT2D eigenvalue weighted by atomic mass is 19.1. The highest BCUT2D eigenvalue weighted by Gasteiger charge is 2.16. The molecule has 2 aromatic heterocycles. The van der Waals surface area contributed by atoms with Gasteiger partial charge < -0.3 is 14.8 Å². The lowest BCUT2D eigenvalue weighted by atomic mass is 10.2. The lowest BCUT2D eigenvalue weighted by Crippen LogP contribution is -2.24. The lowest BCUT2D eigenvalue weighted by Gasteiger charge is -2.16. The van der Waals surface area contributed by atoms with E-state index in [0.717, 1.165) is 0 Å². The van der Waals surface area contributed by atoms with Gasteiger partial charge in [0.1, 0.15) is 11.5 Å². The first-order chi connectivity index (χ1) is 14.0. The minimum atomic E-state index is -0.526. The van der Waals surface area contributed by atoms with Crippen LogP contribution in [0.25, 0.3) is 5.69 Å². The van der Waals surface area contributed by atoms with E-state index in [1.54, 1.807) is 6.92 Å². The summed E-state index contributed by atoms with van der Waals surface area (Å²) in [6.07, 6.45) is 0.998. The van der Waals surface area contributed by atoms with Gasteiger partial charge in [-0.1, -0.05) is 5.21 Å². The first kappa shape index (κ1) is 20.5. The van der Waals surface area contributed by atoms with Gasteiger partial charge in [-0.05, 0) is 49.4 Å². The van der Waals surface area contributed by atoms with Crippen LogP contribution in [0, 0.1) is 12.7 Å². The molecule has 1 amide bonds. The summed E-state index contributed by atoms with van der Waals surface area (Å²) in [6, 6.07) is 4.08. The van der Waals surface area contributed by atoms with Gasteiger partial charge in [0.05, 0.1) is 12.7 Å². The Morgan fingerprint density at radius 1 is 1.21 bits per heavy atom. The van der Waals surface area contributed by atoms with Crippen LogP contribution in [0.1, 0.15) is 30.2 Å². The Labute approximate surface area is 165 Å². The number of hydrogen-bond donors (Lipinski definition) is 1. The molecule has 3 rings (SSSR count). The number of nitrogens with one attached hydrogen (secondary N) is 1.